The van der Waals surface area contributed by atoms with Gasteiger partial charge < -0.3 is 0 Å². The molecule has 4 aromatic rings. The van der Waals surface area contributed by atoms with Crippen molar-refractivity contribution in [3.05, 3.63) is 65.7 Å². The molecule has 0 amide bonds. The lowest BCUT2D eigenvalue weighted by Crippen LogP contribution is -1.94. The first-order valence-electron chi connectivity index (χ1n) is 6.42. The average Bonchev–Trinajstić information content (AvgIpc) is 2.93. The molecule has 102 valence electrons. The molecule has 3 nitrogen and oxygen atoms in total. The van der Waals surface area contributed by atoms with Crippen LogP contribution in [0.5, 0.6) is 0 Å². The van der Waals surface area contributed by atoms with E-state index in [4.69, 9.17) is 11.6 Å². The number of halogens is 2. The second-order valence-electron chi connectivity index (χ2n) is 4.74. The van der Waals surface area contributed by atoms with Gasteiger partial charge in [-0.1, -0.05) is 35.9 Å². The zero-order valence-electron chi connectivity index (χ0n) is 10.8. The molecule has 4 rings (SSSR count). The summed E-state index contributed by atoms with van der Waals surface area (Å²) in [6, 6.07) is 14.0. The number of pyridine rings is 1. The van der Waals surface area contributed by atoms with E-state index in [1.165, 1.54) is 12.1 Å². The molecule has 0 aliphatic rings. The van der Waals surface area contributed by atoms with E-state index in [0.717, 1.165) is 16.3 Å². The highest BCUT2D eigenvalue weighted by molar-refractivity contribution is 6.35. The summed E-state index contributed by atoms with van der Waals surface area (Å²) < 4.78 is 15.0. The van der Waals surface area contributed by atoms with Crippen LogP contribution in [0.3, 0.4) is 0 Å². The predicted octanol–water partition coefficient (Wildman–Crippen LogP) is 4.37. The lowest BCUT2D eigenvalue weighted by molar-refractivity contribution is 0.625. The Hall–Kier alpha value is -2.46. The SMILES string of the molecule is Fc1cccc(-n2cc3c(n2)c(Cl)nc2ccccc23)c1. The van der Waals surface area contributed by atoms with E-state index >= 15 is 0 Å². The number of hydrogen-bond donors (Lipinski definition) is 0. The van der Waals surface area contributed by atoms with Crippen LogP contribution >= 0.6 is 11.6 Å². The predicted molar refractivity (Wildman–Crippen MR) is 81.3 cm³/mol. The minimum absolute atomic E-state index is 0.305. The Morgan fingerprint density at radius 3 is 2.71 bits per heavy atom. The van der Waals surface area contributed by atoms with Crippen molar-refractivity contribution in [2.75, 3.05) is 0 Å². The zero-order valence-corrected chi connectivity index (χ0v) is 11.5. The van der Waals surface area contributed by atoms with Crippen molar-refractivity contribution in [3.8, 4) is 5.69 Å². The minimum Gasteiger partial charge on any atom is -0.240 e. The topological polar surface area (TPSA) is 30.7 Å². The van der Waals surface area contributed by atoms with Crippen molar-refractivity contribution in [1.82, 2.24) is 14.8 Å². The number of fused-ring (bicyclic) bond motifs is 3. The first-order valence-corrected chi connectivity index (χ1v) is 6.80. The molecule has 2 aromatic carbocycles. The molecule has 0 radical (unpaired) electrons. The molecule has 0 atom stereocenters. The van der Waals surface area contributed by atoms with Gasteiger partial charge in [0.2, 0.25) is 0 Å². The van der Waals surface area contributed by atoms with E-state index in [-0.39, 0.29) is 5.82 Å². The molecule has 0 N–H and O–H groups in total. The number of rotatable bonds is 1. The Morgan fingerprint density at radius 1 is 1.00 bits per heavy atom. The van der Waals surface area contributed by atoms with Crippen molar-refractivity contribution >= 4 is 33.4 Å². The van der Waals surface area contributed by atoms with Gasteiger partial charge in [0.25, 0.3) is 0 Å². The molecule has 0 aliphatic carbocycles. The highest BCUT2D eigenvalue weighted by Crippen LogP contribution is 2.29. The van der Waals surface area contributed by atoms with E-state index in [1.54, 1.807) is 16.8 Å². The molecule has 2 heterocycles. The summed E-state index contributed by atoms with van der Waals surface area (Å²) in [4.78, 5) is 4.34. The molecule has 0 spiro atoms. The maximum atomic E-state index is 13.4. The molecule has 0 fully saturated rings. The second kappa shape index (κ2) is 4.53. The zero-order chi connectivity index (χ0) is 14.4. The van der Waals surface area contributed by atoms with Gasteiger partial charge in [-0.2, -0.15) is 5.10 Å². The Labute approximate surface area is 124 Å². The van der Waals surface area contributed by atoms with Gasteiger partial charge in [0, 0.05) is 17.0 Å². The normalized spacial score (nSPS) is 11.3. The van der Waals surface area contributed by atoms with Gasteiger partial charge in [-0.15, -0.1) is 0 Å². The van der Waals surface area contributed by atoms with Gasteiger partial charge in [-0.05, 0) is 24.3 Å². The van der Waals surface area contributed by atoms with Crippen LogP contribution in [0.15, 0.2) is 54.7 Å². The summed E-state index contributed by atoms with van der Waals surface area (Å²) in [6.45, 7) is 0. The Kier molecular flexibility index (Phi) is 2.65. The van der Waals surface area contributed by atoms with Crippen LogP contribution in [0.4, 0.5) is 4.39 Å². The molecule has 0 bridgehead atoms. The fraction of sp³-hybridized carbons (Fsp3) is 0. The largest absolute Gasteiger partial charge is 0.240 e. The van der Waals surface area contributed by atoms with Crippen LogP contribution in [0.2, 0.25) is 5.15 Å². The van der Waals surface area contributed by atoms with Crippen LogP contribution in [0, 0.1) is 5.82 Å². The van der Waals surface area contributed by atoms with Crippen LogP contribution in [-0.2, 0) is 0 Å². The van der Waals surface area contributed by atoms with E-state index in [1.807, 2.05) is 30.5 Å². The van der Waals surface area contributed by atoms with E-state index in [2.05, 4.69) is 10.1 Å². The molecule has 0 aliphatic heterocycles. The van der Waals surface area contributed by atoms with Crippen LogP contribution in [0.1, 0.15) is 0 Å². The van der Waals surface area contributed by atoms with Gasteiger partial charge in [0.05, 0.1) is 11.2 Å². The summed E-state index contributed by atoms with van der Waals surface area (Å²) in [6.07, 6.45) is 1.85. The minimum atomic E-state index is -0.305. The third-order valence-corrected chi connectivity index (χ3v) is 3.66. The average molecular weight is 298 g/mol. The summed E-state index contributed by atoms with van der Waals surface area (Å²) in [5, 5.41) is 6.65. The fourth-order valence-corrected chi connectivity index (χ4v) is 2.66. The first kappa shape index (κ1) is 12.3. The van der Waals surface area contributed by atoms with E-state index in [0.29, 0.717) is 16.4 Å². The van der Waals surface area contributed by atoms with E-state index in [9.17, 15) is 4.39 Å². The summed E-state index contributed by atoms with van der Waals surface area (Å²) in [5.74, 6) is -0.305. The van der Waals surface area contributed by atoms with Crippen LogP contribution in [0.25, 0.3) is 27.5 Å². The maximum Gasteiger partial charge on any atom is 0.157 e. The monoisotopic (exact) mass is 297 g/mol. The quantitative estimate of drug-likeness (QED) is 0.489. The van der Waals surface area contributed by atoms with Gasteiger partial charge in [-0.3, -0.25) is 0 Å². The van der Waals surface area contributed by atoms with Gasteiger partial charge in [0.1, 0.15) is 11.3 Å². The molecule has 5 heteroatoms. The summed E-state index contributed by atoms with van der Waals surface area (Å²) in [5.41, 5.74) is 2.07. The van der Waals surface area contributed by atoms with Crippen molar-refractivity contribution < 1.29 is 4.39 Å². The molecule has 0 saturated heterocycles. The van der Waals surface area contributed by atoms with E-state index < -0.39 is 0 Å². The second-order valence-corrected chi connectivity index (χ2v) is 5.09. The smallest absolute Gasteiger partial charge is 0.157 e. The van der Waals surface area contributed by atoms with Crippen molar-refractivity contribution in [2.24, 2.45) is 0 Å². The number of benzene rings is 2. The number of nitrogens with zero attached hydrogens (tertiary/aromatic N) is 3. The Morgan fingerprint density at radius 2 is 1.86 bits per heavy atom. The molecular formula is C16H9ClFN3. The lowest BCUT2D eigenvalue weighted by Gasteiger charge is -1.99. The van der Waals surface area contributed by atoms with Crippen molar-refractivity contribution in [3.63, 3.8) is 0 Å². The third-order valence-electron chi connectivity index (χ3n) is 3.40. The standard InChI is InChI=1S/C16H9ClFN3/c17-16-15-13(12-6-1-2-7-14(12)19-16)9-21(20-15)11-5-3-4-10(18)8-11/h1-9H. The summed E-state index contributed by atoms with van der Waals surface area (Å²) in [7, 11) is 0. The summed E-state index contributed by atoms with van der Waals surface area (Å²) >= 11 is 6.21. The first-order chi connectivity index (χ1) is 10.2. The van der Waals surface area contributed by atoms with Gasteiger partial charge in [0.15, 0.2) is 5.15 Å². The third kappa shape index (κ3) is 1.96. The van der Waals surface area contributed by atoms with Crippen LogP contribution < -0.4 is 0 Å². The number of hydrogen-bond acceptors (Lipinski definition) is 2. The molecule has 0 saturated carbocycles. The highest BCUT2D eigenvalue weighted by atomic mass is 35.5. The fourth-order valence-electron chi connectivity index (χ4n) is 2.43. The molecule has 21 heavy (non-hydrogen) atoms. The van der Waals surface area contributed by atoms with Crippen molar-refractivity contribution in [1.29, 1.82) is 0 Å². The Balaban J connectivity index is 2.06. The Bertz CT molecular complexity index is 978. The van der Waals surface area contributed by atoms with Gasteiger partial charge >= 0.3 is 0 Å². The highest BCUT2D eigenvalue weighted by Gasteiger charge is 2.11. The van der Waals surface area contributed by atoms with Crippen molar-refractivity contribution in [2.45, 2.75) is 0 Å². The number of aromatic nitrogens is 3. The molecule has 2 aromatic heterocycles. The lowest BCUT2D eigenvalue weighted by atomic mass is 10.1. The molecule has 0 unspecified atom stereocenters. The van der Waals surface area contributed by atoms with Crippen LogP contribution in [-0.4, -0.2) is 14.8 Å². The number of para-hydroxylation sites is 1. The maximum absolute atomic E-state index is 13.4. The molecular weight excluding hydrogens is 289 g/mol. The van der Waals surface area contributed by atoms with Gasteiger partial charge in [-0.25, -0.2) is 14.1 Å².